The van der Waals surface area contributed by atoms with E-state index in [1.807, 2.05) is 59.4 Å². The summed E-state index contributed by atoms with van der Waals surface area (Å²) in [6, 6.07) is 25.0. The number of nitrogens with zero attached hydrogens (tertiary/aromatic N) is 2. The van der Waals surface area contributed by atoms with Crippen molar-refractivity contribution < 1.29 is 4.79 Å². The number of ketones is 1. The van der Waals surface area contributed by atoms with Crippen LogP contribution in [-0.4, -0.2) is 15.6 Å². The summed E-state index contributed by atoms with van der Waals surface area (Å²) in [6.45, 7) is 2.05. The molecule has 0 aliphatic carbocycles. The van der Waals surface area contributed by atoms with Crippen molar-refractivity contribution >= 4 is 23.5 Å². The Morgan fingerprint density at radius 2 is 1.62 bits per heavy atom. The number of hydrogen-bond acceptors (Lipinski definition) is 2. The van der Waals surface area contributed by atoms with Crippen LogP contribution in [0, 0.1) is 6.92 Å². The fourth-order valence-electron chi connectivity index (χ4n) is 3.03. The van der Waals surface area contributed by atoms with Crippen LogP contribution in [0.5, 0.6) is 0 Å². The monoisotopic (exact) mass is 398 g/mol. The highest BCUT2D eigenvalue weighted by atomic mass is 35.5. The van der Waals surface area contributed by atoms with Crippen molar-refractivity contribution in [1.82, 2.24) is 9.78 Å². The molecule has 0 aliphatic heterocycles. The smallest absolute Gasteiger partial charge is 0.185 e. The van der Waals surface area contributed by atoms with Crippen LogP contribution in [0.2, 0.25) is 5.02 Å². The van der Waals surface area contributed by atoms with Crippen LogP contribution < -0.4 is 0 Å². The van der Waals surface area contributed by atoms with Crippen LogP contribution in [0.3, 0.4) is 0 Å². The van der Waals surface area contributed by atoms with Gasteiger partial charge in [-0.05, 0) is 55.5 Å². The second kappa shape index (κ2) is 8.29. The fraction of sp³-hybridized carbons (Fsp3) is 0.0400. The molecule has 0 N–H and O–H groups in total. The Labute approximate surface area is 174 Å². The van der Waals surface area contributed by atoms with E-state index < -0.39 is 0 Å². The molecule has 29 heavy (non-hydrogen) atoms. The van der Waals surface area contributed by atoms with Gasteiger partial charge in [-0.15, -0.1) is 0 Å². The zero-order valence-corrected chi connectivity index (χ0v) is 16.7. The van der Waals surface area contributed by atoms with Crippen LogP contribution in [-0.2, 0) is 0 Å². The summed E-state index contributed by atoms with van der Waals surface area (Å²) in [5.41, 5.74) is 5.45. The van der Waals surface area contributed by atoms with Gasteiger partial charge in [0.15, 0.2) is 5.78 Å². The van der Waals surface area contributed by atoms with Crippen LogP contribution in [0.25, 0.3) is 23.0 Å². The molecular formula is C25H19ClN2O. The van der Waals surface area contributed by atoms with Gasteiger partial charge >= 0.3 is 0 Å². The third-order valence-electron chi connectivity index (χ3n) is 4.63. The van der Waals surface area contributed by atoms with E-state index in [9.17, 15) is 4.79 Å². The highest BCUT2D eigenvalue weighted by Gasteiger charge is 2.11. The molecule has 3 aromatic carbocycles. The average Bonchev–Trinajstić information content (AvgIpc) is 3.18. The number of carbonyl (C=O) groups is 1. The Balaban J connectivity index is 1.72. The van der Waals surface area contributed by atoms with Crippen LogP contribution in [0.4, 0.5) is 0 Å². The summed E-state index contributed by atoms with van der Waals surface area (Å²) < 4.78 is 1.83. The van der Waals surface area contributed by atoms with Crippen molar-refractivity contribution in [2.75, 3.05) is 0 Å². The summed E-state index contributed by atoms with van der Waals surface area (Å²) in [5, 5.41) is 5.39. The number of aromatic nitrogens is 2. The Morgan fingerprint density at radius 3 is 2.31 bits per heavy atom. The topological polar surface area (TPSA) is 34.9 Å². The summed E-state index contributed by atoms with van der Waals surface area (Å²) in [7, 11) is 0. The number of benzene rings is 3. The molecule has 4 aromatic rings. The maximum absolute atomic E-state index is 12.5. The van der Waals surface area contributed by atoms with Gasteiger partial charge < -0.3 is 0 Å². The average molecular weight is 399 g/mol. The van der Waals surface area contributed by atoms with Gasteiger partial charge in [0.2, 0.25) is 0 Å². The lowest BCUT2D eigenvalue weighted by molar-refractivity contribution is 0.104. The Kier molecular flexibility index (Phi) is 5.41. The van der Waals surface area contributed by atoms with Crippen LogP contribution in [0.1, 0.15) is 21.5 Å². The molecule has 0 aliphatic rings. The van der Waals surface area contributed by atoms with Crippen molar-refractivity contribution in [3.8, 4) is 16.9 Å². The minimum Gasteiger partial charge on any atom is -0.289 e. The normalized spacial score (nSPS) is 11.1. The molecule has 0 spiro atoms. The van der Waals surface area contributed by atoms with E-state index in [-0.39, 0.29) is 5.78 Å². The van der Waals surface area contributed by atoms with E-state index in [0.717, 1.165) is 22.5 Å². The number of halogens is 1. The minimum absolute atomic E-state index is 0.0796. The largest absolute Gasteiger partial charge is 0.289 e. The molecule has 0 bridgehead atoms. The van der Waals surface area contributed by atoms with Crippen molar-refractivity contribution in [3.05, 3.63) is 113 Å². The third-order valence-corrected chi connectivity index (χ3v) is 4.88. The molecule has 4 rings (SSSR count). The molecule has 0 unspecified atom stereocenters. The maximum Gasteiger partial charge on any atom is 0.185 e. The van der Waals surface area contributed by atoms with Crippen LogP contribution >= 0.6 is 11.6 Å². The molecule has 0 atom stereocenters. The van der Waals surface area contributed by atoms with Gasteiger partial charge in [-0.3, -0.25) is 4.79 Å². The number of rotatable bonds is 5. The van der Waals surface area contributed by atoms with E-state index in [0.29, 0.717) is 10.6 Å². The number of hydrogen-bond donors (Lipinski definition) is 0. The lowest BCUT2D eigenvalue weighted by Crippen LogP contribution is -1.93. The zero-order chi connectivity index (χ0) is 20.2. The summed E-state index contributed by atoms with van der Waals surface area (Å²) >= 11 is 5.91. The molecule has 0 saturated carbocycles. The van der Waals surface area contributed by atoms with Gasteiger partial charge in [0.05, 0.1) is 11.4 Å². The first-order chi connectivity index (χ1) is 14.1. The molecule has 1 aromatic heterocycles. The zero-order valence-electron chi connectivity index (χ0n) is 15.9. The molecule has 142 valence electrons. The third kappa shape index (κ3) is 4.36. The van der Waals surface area contributed by atoms with Gasteiger partial charge in [0, 0.05) is 27.9 Å². The molecule has 0 radical (unpaired) electrons. The molecule has 3 nitrogen and oxygen atoms in total. The van der Waals surface area contributed by atoms with E-state index >= 15 is 0 Å². The van der Waals surface area contributed by atoms with E-state index in [2.05, 4.69) is 19.1 Å². The Morgan fingerprint density at radius 1 is 0.931 bits per heavy atom. The molecule has 4 heteroatoms. The van der Waals surface area contributed by atoms with Crippen LogP contribution in [0.15, 0.2) is 91.1 Å². The predicted octanol–water partition coefficient (Wildman–Crippen LogP) is 6.40. The first-order valence-electron chi connectivity index (χ1n) is 9.30. The Hall–Kier alpha value is -3.43. The molecule has 0 saturated heterocycles. The summed E-state index contributed by atoms with van der Waals surface area (Å²) in [6.07, 6.45) is 5.34. The lowest BCUT2D eigenvalue weighted by Gasteiger charge is -2.01. The fourth-order valence-corrected chi connectivity index (χ4v) is 3.16. The van der Waals surface area contributed by atoms with Gasteiger partial charge in [-0.25, -0.2) is 4.68 Å². The summed E-state index contributed by atoms with van der Waals surface area (Å²) in [5.74, 6) is -0.0796. The van der Waals surface area contributed by atoms with E-state index in [1.165, 1.54) is 5.56 Å². The minimum atomic E-state index is -0.0796. The number of allylic oxidation sites excluding steroid dienone is 1. The van der Waals surface area contributed by atoms with Crippen molar-refractivity contribution in [1.29, 1.82) is 0 Å². The van der Waals surface area contributed by atoms with Crippen molar-refractivity contribution in [2.45, 2.75) is 6.92 Å². The summed E-state index contributed by atoms with van der Waals surface area (Å²) in [4.78, 5) is 12.5. The highest BCUT2D eigenvalue weighted by Crippen LogP contribution is 2.25. The van der Waals surface area contributed by atoms with Crippen molar-refractivity contribution in [2.24, 2.45) is 0 Å². The van der Waals surface area contributed by atoms with Gasteiger partial charge in [0.1, 0.15) is 0 Å². The highest BCUT2D eigenvalue weighted by molar-refractivity contribution is 6.30. The lowest BCUT2D eigenvalue weighted by atomic mass is 10.0. The molecule has 1 heterocycles. The SMILES string of the molecule is Cc1ccc(-c2nn(-c3ccccc3)cc2C=CC(=O)c2ccc(Cl)cc2)cc1. The second-order valence-electron chi connectivity index (χ2n) is 6.78. The number of para-hydroxylation sites is 1. The van der Waals surface area contributed by atoms with Gasteiger partial charge in [0.25, 0.3) is 0 Å². The first-order valence-corrected chi connectivity index (χ1v) is 9.68. The second-order valence-corrected chi connectivity index (χ2v) is 7.22. The molecular weight excluding hydrogens is 380 g/mol. The molecule has 0 fully saturated rings. The number of carbonyl (C=O) groups excluding carboxylic acids is 1. The van der Waals surface area contributed by atoms with E-state index in [1.54, 1.807) is 30.3 Å². The number of aryl methyl sites for hydroxylation is 1. The predicted molar refractivity (Wildman–Crippen MR) is 119 cm³/mol. The van der Waals surface area contributed by atoms with Gasteiger partial charge in [-0.1, -0.05) is 59.6 Å². The Bertz CT molecular complexity index is 1160. The van der Waals surface area contributed by atoms with Gasteiger partial charge in [-0.2, -0.15) is 5.10 Å². The molecule has 0 amide bonds. The standard InChI is InChI=1S/C25H19ClN2O/c1-18-7-9-20(10-8-18)25-21(17-28(27-25)23-5-3-2-4-6-23)13-16-24(29)19-11-14-22(26)15-12-19/h2-17H,1H3. The quantitative estimate of drug-likeness (QED) is 0.288. The van der Waals surface area contributed by atoms with Crippen molar-refractivity contribution in [3.63, 3.8) is 0 Å². The first kappa shape index (κ1) is 18.9. The van der Waals surface area contributed by atoms with E-state index in [4.69, 9.17) is 16.7 Å². The maximum atomic E-state index is 12.5.